The number of hydrogen-bond acceptors (Lipinski definition) is 1. The summed E-state index contributed by atoms with van der Waals surface area (Å²) in [5, 5.41) is 27.0. The van der Waals surface area contributed by atoms with Crippen LogP contribution >= 0.6 is 0 Å². The smallest absolute Gasteiger partial charge is 0.0372 e. The normalized spacial score (nSPS) is 14.2. The van der Waals surface area contributed by atoms with Crippen molar-refractivity contribution in [2.45, 2.75) is 19.3 Å². The standard InChI is InChI=1S/C63H39N/c1-4-13-35(14-5-1)54-53-34-52-39-18-9-8-17-38(39)41-19-12-20-48(56(41)52)61(53)55(36-15-6-2-7-16-36)63-50-30-28-46-44-25-26-47-51-33-37(64-31-10-3-11-32-64)21-22-40(51)42-23-24-43(58(44)57(42)47)45-27-29-49(62(54)63)60(50)59(45)46/h1-2,4-9,12-30,33-34H,3,10-11,31-32H2. The molecule has 14 aromatic carbocycles. The number of anilines is 1. The zero-order valence-electron chi connectivity index (χ0n) is 35.2. The Bertz CT molecular complexity index is 4290. The summed E-state index contributed by atoms with van der Waals surface area (Å²) < 4.78 is 0. The maximum Gasteiger partial charge on any atom is 0.0372 e. The predicted molar refractivity (Wildman–Crippen MR) is 276 cm³/mol. The first-order chi connectivity index (χ1) is 31.8. The number of fused-ring (bicyclic) bond motifs is 13. The molecular formula is C63H39N. The highest BCUT2D eigenvalue weighted by molar-refractivity contribution is 6.49. The van der Waals surface area contributed by atoms with E-state index in [4.69, 9.17) is 0 Å². The average molecular weight is 810 g/mol. The van der Waals surface area contributed by atoms with Crippen LogP contribution in [0.25, 0.3) is 152 Å². The first-order valence-electron chi connectivity index (χ1n) is 23.2. The first kappa shape index (κ1) is 33.8. The molecule has 1 heteroatoms. The molecule has 0 N–H and O–H groups in total. The van der Waals surface area contributed by atoms with Crippen molar-refractivity contribution in [1.82, 2.24) is 0 Å². The SMILES string of the molecule is c1ccc(-c2c3cc4c5ccccc5c5cccc(c3c(-c3ccccc3)c3c6ccc7c8ccc9c%10c(ccc(c%11ccc(c23)c6c%117)c%108)-c2ccc(N3CCCCC3)cc2-9)c54)cc1. The largest absolute Gasteiger partial charge is 0.372 e. The summed E-state index contributed by atoms with van der Waals surface area (Å²) in [5.74, 6) is 0. The Balaban J connectivity index is 1.08. The molecule has 2 aliphatic rings. The first-order valence-corrected chi connectivity index (χ1v) is 23.2. The molecule has 0 spiro atoms. The van der Waals surface area contributed by atoms with Crippen LogP contribution in [0.15, 0.2) is 176 Å². The number of hydrogen-bond donors (Lipinski definition) is 0. The van der Waals surface area contributed by atoms with Crippen molar-refractivity contribution in [3.8, 4) is 44.5 Å². The summed E-state index contributed by atoms with van der Waals surface area (Å²) in [4.78, 5) is 2.60. The van der Waals surface area contributed by atoms with Crippen molar-refractivity contribution in [2.24, 2.45) is 0 Å². The molecule has 1 aliphatic heterocycles. The molecule has 0 saturated carbocycles. The van der Waals surface area contributed by atoms with Gasteiger partial charge in [0.25, 0.3) is 0 Å². The Kier molecular flexibility index (Phi) is 6.36. The summed E-state index contributed by atoms with van der Waals surface area (Å²) in [6.45, 7) is 2.31. The molecule has 16 rings (SSSR count). The Morgan fingerprint density at radius 3 is 1.44 bits per heavy atom. The van der Waals surface area contributed by atoms with E-state index in [0.29, 0.717) is 0 Å². The summed E-state index contributed by atoms with van der Waals surface area (Å²) in [6.07, 6.45) is 3.91. The van der Waals surface area contributed by atoms with Crippen LogP contribution in [-0.4, -0.2) is 13.1 Å². The third kappa shape index (κ3) is 4.08. The van der Waals surface area contributed by atoms with Crippen LogP contribution in [-0.2, 0) is 0 Å². The van der Waals surface area contributed by atoms with Gasteiger partial charge in [-0.2, -0.15) is 0 Å². The molecule has 64 heavy (non-hydrogen) atoms. The third-order valence-electron chi connectivity index (χ3n) is 15.8. The minimum atomic E-state index is 1.15. The summed E-state index contributed by atoms with van der Waals surface area (Å²) >= 11 is 0. The highest BCUT2D eigenvalue weighted by Crippen LogP contribution is 2.58. The van der Waals surface area contributed by atoms with E-state index in [1.54, 1.807) is 0 Å². The lowest BCUT2D eigenvalue weighted by molar-refractivity contribution is 0.578. The Morgan fingerprint density at radius 2 is 0.734 bits per heavy atom. The van der Waals surface area contributed by atoms with Gasteiger partial charge in [0.05, 0.1) is 0 Å². The molecule has 0 unspecified atom stereocenters. The topological polar surface area (TPSA) is 3.24 Å². The second kappa shape index (κ2) is 12.0. The lowest BCUT2D eigenvalue weighted by Crippen LogP contribution is -2.29. The number of piperidine rings is 1. The summed E-state index contributed by atoms with van der Waals surface area (Å²) in [6, 6.07) is 67.9. The van der Waals surface area contributed by atoms with Crippen LogP contribution in [0.3, 0.4) is 0 Å². The van der Waals surface area contributed by atoms with Gasteiger partial charge in [-0.3, -0.25) is 0 Å². The van der Waals surface area contributed by atoms with Gasteiger partial charge in [0.15, 0.2) is 0 Å². The van der Waals surface area contributed by atoms with Crippen LogP contribution in [0.4, 0.5) is 5.69 Å². The zero-order chi connectivity index (χ0) is 41.4. The summed E-state index contributed by atoms with van der Waals surface area (Å²) in [7, 11) is 0. The maximum atomic E-state index is 2.60. The van der Waals surface area contributed by atoms with Gasteiger partial charge in [0.2, 0.25) is 0 Å². The van der Waals surface area contributed by atoms with Crippen LogP contribution < -0.4 is 4.90 Å². The quantitative estimate of drug-likeness (QED) is 0.127. The maximum absolute atomic E-state index is 2.60. The van der Waals surface area contributed by atoms with Crippen LogP contribution in [0.1, 0.15) is 19.3 Å². The minimum Gasteiger partial charge on any atom is -0.372 e. The van der Waals surface area contributed by atoms with Crippen molar-refractivity contribution in [1.29, 1.82) is 0 Å². The second-order valence-electron chi connectivity index (χ2n) is 18.8. The Hall–Kier alpha value is -7.74. The van der Waals surface area contributed by atoms with Gasteiger partial charge in [-0.15, -0.1) is 0 Å². The van der Waals surface area contributed by atoms with Gasteiger partial charge in [-0.05, 0) is 190 Å². The third-order valence-corrected chi connectivity index (χ3v) is 15.8. The van der Waals surface area contributed by atoms with E-state index in [0.717, 1.165) is 13.1 Å². The Labute approximate surface area is 369 Å². The predicted octanol–water partition coefficient (Wildman–Crippen LogP) is 17.5. The fourth-order valence-electron chi connectivity index (χ4n) is 13.3. The van der Waals surface area contributed by atoms with E-state index in [-0.39, 0.29) is 0 Å². The lowest BCUT2D eigenvalue weighted by Gasteiger charge is -2.29. The second-order valence-corrected chi connectivity index (χ2v) is 18.8. The molecule has 1 heterocycles. The molecule has 1 nitrogen and oxygen atoms in total. The molecule has 1 saturated heterocycles. The van der Waals surface area contributed by atoms with Crippen LogP contribution in [0.2, 0.25) is 0 Å². The minimum absolute atomic E-state index is 1.15. The fraction of sp³-hybridized carbons (Fsp3) is 0.0794. The lowest BCUT2D eigenvalue weighted by atomic mass is 9.84. The molecule has 0 bridgehead atoms. The van der Waals surface area contributed by atoms with Gasteiger partial charge < -0.3 is 4.90 Å². The van der Waals surface area contributed by atoms with Crippen molar-refractivity contribution in [2.75, 3.05) is 18.0 Å². The van der Waals surface area contributed by atoms with Crippen molar-refractivity contribution < 1.29 is 0 Å². The van der Waals surface area contributed by atoms with Crippen LogP contribution in [0, 0.1) is 0 Å². The van der Waals surface area contributed by atoms with E-state index in [9.17, 15) is 0 Å². The molecule has 14 aromatic rings. The van der Waals surface area contributed by atoms with Gasteiger partial charge in [0.1, 0.15) is 0 Å². The van der Waals surface area contributed by atoms with Gasteiger partial charge in [0, 0.05) is 18.8 Å². The van der Waals surface area contributed by atoms with E-state index < -0.39 is 0 Å². The highest BCUT2D eigenvalue weighted by Gasteiger charge is 2.30. The Morgan fingerprint density at radius 1 is 0.250 bits per heavy atom. The monoisotopic (exact) mass is 809 g/mol. The van der Waals surface area contributed by atoms with Gasteiger partial charge in [-0.1, -0.05) is 158 Å². The number of rotatable bonds is 3. The molecule has 0 atom stereocenters. The van der Waals surface area contributed by atoms with E-state index in [2.05, 4.69) is 181 Å². The van der Waals surface area contributed by atoms with E-state index in [1.807, 2.05) is 0 Å². The molecular weight excluding hydrogens is 771 g/mol. The zero-order valence-corrected chi connectivity index (χ0v) is 35.2. The molecule has 0 aromatic heterocycles. The van der Waals surface area contributed by atoms with Crippen LogP contribution in [0.5, 0.6) is 0 Å². The van der Waals surface area contributed by atoms with Crippen molar-refractivity contribution in [3.63, 3.8) is 0 Å². The van der Waals surface area contributed by atoms with Crippen molar-refractivity contribution >= 4 is 113 Å². The number of benzene rings is 12. The van der Waals surface area contributed by atoms with E-state index >= 15 is 0 Å². The molecule has 1 fully saturated rings. The molecule has 296 valence electrons. The summed E-state index contributed by atoms with van der Waals surface area (Å²) in [5.41, 5.74) is 12.0. The van der Waals surface area contributed by atoms with Gasteiger partial charge in [-0.25, -0.2) is 0 Å². The number of nitrogens with zero attached hydrogens (tertiary/aromatic N) is 1. The average Bonchev–Trinajstić information content (AvgIpc) is 4.00. The molecule has 0 radical (unpaired) electrons. The highest BCUT2D eigenvalue weighted by atomic mass is 15.1. The van der Waals surface area contributed by atoms with Crippen molar-refractivity contribution in [3.05, 3.63) is 176 Å². The molecule has 0 amide bonds. The van der Waals surface area contributed by atoms with E-state index in [1.165, 1.54) is 177 Å². The molecule has 1 aliphatic carbocycles. The fourth-order valence-corrected chi connectivity index (χ4v) is 13.3. The van der Waals surface area contributed by atoms with Gasteiger partial charge >= 0.3 is 0 Å².